The van der Waals surface area contributed by atoms with Gasteiger partial charge in [-0.25, -0.2) is 0 Å². The quantitative estimate of drug-likeness (QED) is 0.350. The Labute approximate surface area is 173 Å². The molecule has 0 aliphatic rings. The van der Waals surface area contributed by atoms with Gasteiger partial charge in [-0.3, -0.25) is 0 Å². The molecular formula is C18H17F13O. The molecule has 1 unspecified atom stereocenters. The van der Waals surface area contributed by atoms with Gasteiger partial charge in [-0.1, -0.05) is 37.3 Å². The Morgan fingerprint density at radius 2 is 1.09 bits per heavy atom. The zero-order chi connectivity index (χ0) is 25.4. The predicted octanol–water partition coefficient (Wildman–Crippen LogP) is 6.89. The summed E-state index contributed by atoms with van der Waals surface area (Å²) in [6.07, 6.45) is -11.9. The fourth-order valence-corrected chi connectivity index (χ4v) is 2.74. The van der Waals surface area contributed by atoms with E-state index < -0.39 is 60.7 Å². The first-order valence-corrected chi connectivity index (χ1v) is 8.82. The normalized spacial score (nSPS) is 16.7. The van der Waals surface area contributed by atoms with E-state index in [0.717, 1.165) is 6.92 Å². The summed E-state index contributed by atoms with van der Waals surface area (Å²) < 4.78 is 172. The van der Waals surface area contributed by atoms with Gasteiger partial charge in [0.05, 0.1) is 5.60 Å². The monoisotopic (exact) mass is 496 g/mol. The minimum Gasteiger partial charge on any atom is -0.390 e. The van der Waals surface area contributed by atoms with Crippen LogP contribution in [-0.4, -0.2) is 46.5 Å². The zero-order valence-electron chi connectivity index (χ0n) is 16.1. The fraction of sp³-hybridized carbons (Fsp3) is 0.667. The maximum Gasteiger partial charge on any atom is 0.460 e. The number of aryl methyl sites for hydroxylation is 1. The van der Waals surface area contributed by atoms with E-state index >= 15 is 0 Å². The molecule has 1 N–H and O–H groups in total. The molecule has 0 saturated heterocycles. The Balaban J connectivity index is 3.28. The van der Waals surface area contributed by atoms with E-state index in [1.54, 1.807) is 6.07 Å². The topological polar surface area (TPSA) is 20.2 Å². The van der Waals surface area contributed by atoms with Gasteiger partial charge in [-0.15, -0.1) is 0 Å². The van der Waals surface area contributed by atoms with Crippen molar-refractivity contribution < 1.29 is 62.2 Å². The Morgan fingerprint density at radius 1 is 0.656 bits per heavy atom. The van der Waals surface area contributed by atoms with Gasteiger partial charge in [0.2, 0.25) is 0 Å². The number of benzene rings is 1. The first kappa shape index (κ1) is 28.3. The zero-order valence-corrected chi connectivity index (χ0v) is 16.1. The molecule has 0 saturated carbocycles. The molecule has 0 amide bonds. The van der Waals surface area contributed by atoms with Crippen LogP contribution in [0.1, 0.15) is 31.7 Å². The number of halogens is 13. The third-order valence-corrected chi connectivity index (χ3v) is 4.93. The molecule has 1 aromatic rings. The molecule has 0 fully saturated rings. The van der Waals surface area contributed by atoms with E-state index in [1.807, 2.05) is 0 Å². The predicted molar refractivity (Wildman–Crippen MR) is 85.4 cm³/mol. The van der Waals surface area contributed by atoms with Crippen LogP contribution < -0.4 is 0 Å². The number of alkyl halides is 13. The highest BCUT2D eigenvalue weighted by Crippen LogP contribution is 2.61. The van der Waals surface area contributed by atoms with E-state index in [1.165, 1.54) is 24.3 Å². The average molecular weight is 496 g/mol. The second-order valence-corrected chi connectivity index (χ2v) is 7.24. The number of rotatable bonds is 10. The lowest BCUT2D eigenvalue weighted by Gasteiger charge is -2.41. The minimum absolute atomic E-state index is 0.258. The maximum absolute atomic E-state index is 14.1. The summed E-state index contributed by atoms with van der Waals surface area (Å²) in [5.41, 5.74) is -2.49. The maximum atomic E-state index is 14.1. The molecule has 1 nitrogen and oxygen atoms in total. The van der Waals surface area contributed by atoms with Gasteiger partial charge in [0.25, 0.3) is 0 Å². The molecule has 0 spiro atoms. The van der Waals surface area contributed by atoms with Crippen molar-refractivity contribution in [1.82, 2.24) is 0 Å². The molecule has 32 heavy (non-hydrogen) atoms. The SMILES string of the molecule is CCC(O)(CCc1ccccc1)CC(F)(F)C(F)(F)C(F)(F)C(F)(F)C(F)(F)C(F)(F)F. The van der Waals surface area contributed by atoms with Crippen molar-refractivity contribution in [3.63, 3.8) is 0 Å². The summed E-state index contributed by atoms with van der Waals surface area (Å²) in [7, 11) is 0. The molecule has 0 radical (unpaired) electrons. The highest BCUT2D eigenvalue weighted by atomic mass is 19.4. The Bertz CT molecular complexity index is 758. The Kier molecular flexibility index (Phi) is 7.57. The lowest BCUT2D eigenvalue weighted by atomic mass is 9.82. The second-order valence-electron chi connectivity index (χ2n) is 7.24. The van der Waals surface area contributed by atoms with Crippen molar-refractivity contribution in [2.24, 2.45) is 0 Å². The van der Waals surface area contributed by atoms with E-state index in [0.29, 0.717) is 5.56 Å². The molecular weight excluding hydrogens is 479 g/mol. The summed E-state index contributed by atoms with van der Waals surface area (Å²) in [5.74, 6) is -37.3. The molecule has 0 bridgehead atoms. The van der Waals surface area contributed by atoms with E-state index in [-0.39, 0.29) is 6.42 Å². The van der Waals surface area contributed by atoms with Crippen molar-refractivity contribution in [3.05, 3.63) is 35.9 Å². The highest BCUT2D eigenvalue weighted by Gasteiger charge is 2.90. The summed E-state index contributed by atoms with van der Waals surface area (Å²) in [4.78, 5) is 0. The van der Waals surface area contributed by atoms with Crippen LogP contribution in [0.2, 0.25) is 0 Å². The number of hydrogen-bond donors (Lipinski definition) is 1. The van der Waals surface area contributed by atoms with Gasteiger partial charge in [0.15, 0.2) is 0 Å². The molecule has 0 aliphatic carbocycles. The summed E-state index contributed by atoms with van der Waals surface area (Å²) in [6, 6.07) is 7.36. The lowest BCUT2D eigenvalue weighted by Crippen LogP contribution is -2.70. The van der Waals surface area contributed by atoms with Crippen LogP contribution in [0.15, 0.2) is 30.3 Å². The van der Waals surface area contributed by atoms with Gasteiger partial charge in [-0.05, 0) is 24.8 Å². The van der Waals surface area contributed by atoms with Crippen LogP contribution >= 0.6 is 0 Å². The number of hydrogen-bond acceptors (Lipinski definition) is 1. The molecule has 1 aromatic carbocycles. The molecule has 1 atom stereocenters. The molecule has 0 heterocycles. The van der Waals surface area contributed by atoms with E-state index in [9.17, 15) is 62.2 Å². The van der Waals surface area contributed by atoms with Gasteiger partial charge < -0.3 is 5.11 Å². The molecule has 14 heteroatoms. The van der Waals surface area contributed by atoms with E-state index in [4.69, 9.17) is 0 Å². The summed E-state index contributed by atoms with van der Waals surface area (Å²) in [5, 5.41) is 10.2. The minimum atomic E-state index is -7.94. The van der Waals surface area contributed by atoms with Crippen LogP contribution in [-0.2, 0) is 6.42 Å². The first-order chi connectivity index (χ1) is 14.1. The van der Waals surface area contributed by atoms with Crippen molar-refractivity contribution >= 4 is 0 Å². The van der Waals surface area contributed by atoms with Crippen LogP contribution in [0.25, 0.3) is 0 Å². The van der Waals surface area contributed by atoms with Gasteiger partial charge >= 0.3 is 35.8 Å². The smallest absolute Gasteiger partial charge is 0.390 e. The van der Waals surface area contributed by atoms with Crippen LogP contribution in [0.4, 0.5) is 57.1 Å². The highest BCUT2D eigenvalue weighted by molar-refractivity contribution is 5.16. The molecule has 0 aromatic heterocycles. The second kappa shape index (κ2) is 8.56. The van der Waals surface area contributed by atoms with Crippen LogP contribution in [0, 0.1) is 0 Å². The Morgan fingerprint density at radius 3 is 1.50 bits per heavy atom. The van der Waals surface area contributed by atoms with Crippen LogP contribution in [0.5, 0.6) is 0 Å². The van der Waals surface area contributed by atoms with Crippen molar-refractivity contribution in [2.75, 3.05) is 0 Å². The molecule has 186 valence electrons. The largest absolute Gasteiger partial charge is 0.460 e. The Hall–Kier alpha value is -1.73. The van der Waals surface area contributed by atoms with Crippen molar-refractivity contribution in [3.8, 4) is 0 Å². The van der Waals surface area contributed by atoms with Crippen molar-refractivity contribution in [1.29, 1.82) is 0 Å². The van der Waals surface area contributed by atoms with Crippen molar-refractivity contribution in [2.45, 2.75) is 74.0 Å². The third kappa shape index (κ3) is 4.79. The fourth-order valence-electron chi connectivity index (χ4n) is 2.74. The molecule has 1 rings (SSSR count). The average Bonchev–Trinajstić information content (AvgIpc) is 2.65. The van der Waals surface area contributed by atoms with Gasteiger partial charge in [0.1, 0.15) is 0 Å². The molecule has 0 aliphatic heterocycles. The van der Waals surface area contributed by atoms with Crippen LogP contribution in [0.3, 0.4) is 0 Å². The first-order valence-electron chi connectivity index (χ1n) is 8.82. The summed E-state index contributed by atoms with van der Waals surface area (Å²) in [6.45, 7) is 0.962. The van der Waals surface area contributed by atoms with Gasteiger partial charge in [0, 0.05) is 6.42 Å². The lowest BCUT2D eigenvalue weighted by molar-refractivity contribution is -0.441. The van der Waals surface area contributed by atoms with Gasteiger partial charge in [-0.2, -0.15) is 57.1 Å². The number of aliphatic hydroxyl groups is 1. The third-order valence-electron chi connectivity index (χ3n) is 4.93. The standard InChI is InChI=1S/C18H17F13O/c1-2-12(32,9-8-11-6-4-3-5-7-11)10-13(19,20)14(21,22)15(23,24)16(25,26)17(27,28)18(29,30)31/h3-7,32H,2,8-10H2,1H3. The van der Waals surface area contributed by atoms with E-state index in [2.05, 4.69) is 0 Å². The summed E-state index contributed by atoms with van der Waals surface area (Å²) >= 11 is 0.